The molecular formula is C13H28N2O. The Labute approximate surface area is 100 Å². The molecule has 1 unspecified atom stereocenters. The van der Waals surface area contributed by atoms with Crippen molar-refractivity contribution >= 4 is 5.91 Å². The molecule has 0 rings (SSSR count). The third-order valence-corrected chi connectivity index (χ3v) is 3.23. The molecule has 1 atom stereocenters. The molecule has 3 nitrogen and oxygen atoms in total. The number of rotatable bonds is 6. The molecule has 0 aromatic heterocycles. The first-order chi connectivity index (χ1) is 7.13. The van der Waals surface area contributed by atoms with E-state index in [2.05, 4.69) is 38.3 Å². The van der Waals surface area contributed by atoms with Crippen molar-refractivity contribution in [3.8, 4) is 0 Å². The molecule has 0 aliphatic rings. The quantitative estimate of drug-likeness (QED) is 0.733. The van der Waals surface area contributed by atoms with Crippen LogP contribution in [0.1, 0.15) is 61.3 Å². The van der Waals surface area contributed by atoms with Crippen LogP contribution in [0.15, 0.2) is 0 Å². The van der Waals surface area contributed by atoms with Crippen molar-refractivity contribution in [2.24, 2.45) is 0 Å². The largest absolute Gasteiger partial charge is 0.350 e. The standard InChI is InChI=1S/C13H28N2O/c1-8-12(4,5)14-10(3)11(16)15-13(6,7)9-2/h10,14H,8-9H2,1-7H3,(H,15,16). The first-order valence-corrected chi connectivity index (χ1v) is 6.23. The van der Waals surface area contributed by atoms with Gasteiger partial charge in [-0.2, -0.15) is 0 Å². The Kier molecular flexibility index (Phi) is 5.47. The van der Waals surface area contributed by atoms with Crippen LogP contribution in [0.3, 0.4) is 0 Å². The van der Waals surface area contributed by atoms with Crippen LogP contribution in [-0.2, 0) is 4.79 Å². The van der Waals surface area contributed by atoms with E-state index in [1.54, 1.807) is 0 Å². The summed E-state index contributed by atoms with van der Waals surface area (Å²) in [6.07, 6.45) is 1.93. The van der Waals surface area contributed by atoms with E-state index in [9.17, 15) is 4.79 Å². The van der Waals surface area contributed by atoms with Gasteiger partial charge in [-0.3, -0.25) is 4.79 Å². The summed E-state index contributed by atoms with van der Waals surface area (Å²) >= 11 is 0. The number of hydrogen-bond donors (Lipinski definition) is 2. The molecule has 0 aromatic carbocycles. The molecule has 0 aliphatic carbocycles. The number of carbonyl (C=O) groups is 1. The molecule has 1 amide bonds. The average molecular weight is 228 g/mol. The lowest BCUT2D eigenvalue weighted by molar-refractivity contribution is -0.124. The molecule has 0 fully saturated rings. The molecule has 0 aliphatic heterocycles. The summed E-state index contributed by atoms with van der Waals surface area (Å²) in [4.78, 5) is 11.9. The van der Waals surface area contributed by atoms with E-state index in [0.717, 1.165) is 12.8 Å². The van der Waals surface area contributed by atoms with Crippen molar-refractivity contribution in [3.05, 3.63) is 0 Å². The molecule has 0 aromatic rings. The molecule has 3 heteroatoms. The van der Waals surface area contributed by atoms with E-state index in [0.29, 0.717) is 0 Å². The summed E-state index contributed by atoms with van der Waals surface area (Å²) in [6.45, 7) is 14.4. The number of carbonyl (C=O) groups excluding carboxylic acids is 1. The highest BCUT2D eigenvalue weighted by molar-refractivity contribution is 5.82. The highest BCUT2D eigenvalue weighted by Gasteiger charge is 2.25. The highest BCUT2D eigenvalue weighted by Crippen LogP contribution is 2.10. The Morgan fingerprint density at radius 3 is 1.88 bits per heavy atom. The van der Waals surface area contributed by atoms with Crippen molar-refractivity contribution in [2.45, 2.75) is 78.4 Å². The zero-order valence-electron chi connectivity index (χ0n) is 11.9. The summed E-state index contributed by atoms with van der Waals surface area (Å²) in [5.41, 5.74) is -0.115. The van der Waals surface area contributed by atoms with E-state index >= 15 is 0 Å². The van der Waals surface area contributed by atoms with Crippen LogP contribution in [0.2, 0.25) is 0 Å². The smallest absolute Gasteiger partial charge is 0.237 e. The van der Waals surface area contributed by atoms with Crippen LogP contribution in [-0.4, -0.2) is 23.0 Å². The Morgan fingerprint density at radius 1 is 1.06 bits per heavy atom. The van der Waals surface area contributed by atoms with Crippen molar-refractivity contribution in [3.63, 3.8) is 0 Å². The fourth-order valence-corrected chi connectivity index (χ4v) is 1.28. The van der Waals surface area contributed by atoms with Crippen molar-refractivity contribution in [1.82, 2.24) is 10.6 Å². The Bertz CT molecular complexity index is 234. The molecule has 0 saturated carbocycles. The maximum absolute atomic E-state index is 11.9. The third-order valence-electron chi connectivity index (χ3n) is 3.23. The fourth-order valence-electron chi connectivity index (χ4n) is 1.28. The maximum atomic E-state index is 11.9. The van der Waals surface area contributed by atoms with E-state index in [-0.39, 0.29) is 23.0 Å². The van der Waals surface area contributed by atoms with Gasteiger partial charge < -0.3 is 10.6 Å². The zero-order chi connectivity index (χ0) is 13.0. The molecular weight excluding hydrogens is 200 g/mol. The second-order valence-electron chi connectivity index (χ2n) is 5.83. The molecule has 0 heterocycles. The van der Waals surface area contributed by atoms with E-state index in [1.165, 1.54) is 0 Å². The highest BCUT2D eigenvalue weighted by atomic mass is 16.2. The lowest BCUT2D eigenvalue weighted by Gasteiger charge is -2.31. The van der Waals surface area contributed by atoms with Crippen LogP contribution in [0.5, 0.6) is 0 Å². The Morgan fingerprint density at radius 2 is 1.50 bits per heavy atom. The minimum Gasteiger partial charge on any atom is -0.350 e. The van der Waals surface area contributed by atoms with Gasteiger partial charge >= 0.3 is 0 Å². The van der Waals surface area contributed by atoms with Gasteiger partial charge in [0.1, 0.15) is 0 Å². The van der Waals surface area contributed by atoms with Gasteiger partial charge in [-0.05, 0) is 47.5 Å². The van der Waals surface area contributed by atoms with Crippen LogP contribution in [0.4, 0.5) is 0 Å². The van der Waals surface area contributed by atoms with E-state index in [1.807, 2.05) is 20.8 Å². The number of hydrogen-bond acceptors (Lipinski definition) is 2. The topological polar surface area (TPSA) is 41.1 Å². The van der Waals surface area contributed by atoms with Gasteiger partial charge in [0.05, 0.1) is 6.04 Å². The molecule has 96 valence electrons. The SMILES string of the molecule is CCC(C)(C)NC(=O)C(C)NC(C)(C)CC. The molecule has 0 radical (unpaired) electrons. The first kappa shape index (κ1) is 15.4. The minimum atomic E-state index is -0.152. The lowest BCUT2D eigenvalue weighted by Crippen LogP contribution is -2.55. The summed E-state index contributed by atoms with van der Waals surface area (Å²) in [6, 6.07) is -0.152. The predicted molar refractivity (Wildman–Crippen MR) is 69.5 cm³/mol. The number of nitrogens with one attached hydrogen (secondary N) is 2. The van der Waals surface area contributed by atoms with Crippen LogP contribution >= 0.6 is 0 Å². The monoisotopic (exact) mass is 228 g/mol. The van der Waals surface area contributed by atoms with E-state index < -0.39 is 0 Å². The first-order valence-electron chi connectivity index (χ1n) is 6.23. The van der Waals surface area contributed by atoms with Gasteiger partial charge in [-0.1, -0.05) is 13.8 Å². The summed E-state index contributed by atoms with van der Waals surface area (Å²) < 4.78 is 0. The van der Waals surface area contributed by atoms with Crippen LogP contribution in [0.25, 0.3) is 0 Å². The van der Waals surface area contributed by atoms with Crippen molar-refractivity contribution < 1.29 is 4.79 Å². The van der Waals surface area contributed by atoms with Gasteiger partial charge in [0.15, 0.2) is 0 Å². The number of amides is 1. The van der Waals surface area contributed by atoms with Gasteiger partial charge in [0.2, 0.25) is 5.91 Å². The normalized spacial score (nSPS) is 14.7. The molecule has 0 bridgehead atoms. The molecule has 2 N–H and O–H groups in total. The minimum absolute atomic E-state index is 0.00706. The van der Waals surface area contributed by atoms with E-state index in [4.69, 9.17) is 0 Å². The summed E-state index contributed by atoms with van der Waals surface area (Å²) in [5.74, 6) is 0.0772. The summed E-state index contributed by atoms with van der Waals surface area (Å²) in [5, 5.41) is 6.39. The second kappa shape index (κ2) is 5.67. The lowest BCUT2D eigenvalue weighted by atomic mass is 9.99. The maximum Gasteiger partial charge on any atom is 0.237 e. The molecule has 16 heavy (non-hydrogen) atoms. The Hall–Kier alpha value is -0.570. The predicted octanol–water partition coefficient (Wildman–Crippen LogP) is 2.46. The zero-order valence-corrected chi connectivity index (χ0v) is 11.9. The van der Waals surface area contributed by atoms with Crippen LogP contribution in [0, 0.1) is 0 Å². The van der Waals surface area contributed by atoms with Gasteiger partial charge in [-0.15, -0.1) is 0 Å². The Balaban J connectivity index is 4.30. The van der Waals surface area contributed by atoms with Gasteiger partial charge in [0.25, 0.3) is 0 Å². The van der Waals surface area contributed by atoms with Gasteiger partial charge in [-0.25, -0.2) is 0 Å². The molecule has 0 spiro atoms. The molecule has 0 saturated heterocycles. The second-order valence-corrected chi connectivity index (χ2v) is 5.83. The van der Waals surface area contributed by atoms with Crippen molar-refractivity contribution in [2.75, 3.05) is 0 Å². The average Bonchev–Trinajstić information content (AvgIpc) is 2.16. The fraction of sp³-hybridized carbons (Fsp3) is 0.923. The third kappa shape index (κ3) is 5.50. The van der Waals surface area contributed by atoms with Gasteiger partial charge in [0, 0.05) is 11.1 Å². The summed E-state index contributed by atoms with van der Waals surface area (Å²) in [7, 11) is 0. The van der Waals surface area contributed by atoms with Crippen molar-refractivity contribution in [1.29, 1.82) is 0 Å². The van der Waals surface area contributed by atoms with Crippen LogP contribution < -0.4 is 10.6 Å².